The summed E-state index contributed by atoms with van der Waals surface area (Å²) in [6, 6.07) is 15.7. The molecule has 0 bridgehead atoms. The number of carbonyl (C=O) groups excluding carboxylic acids is 1. The number of thioether (sulfide) groups is 1. The van der Waals surface area contributed by atoms with Crippen LogP contribution >= 0.6 is 11.8 Å². The molecule has 0 fully saturated rings. The number of nitrogens with zero attached hydrogens (tertiary/aromatic N) is 2. The fourth-order valence-electron chi connectivity index (χ4n) is 2.00. The largest absolute Gasteiger partial charge is 0.333 e. The Kier molecular flexibility index (Phi) is 4.73. The maximum atomic E-state index is 11.8. The summed E-state index contributed by atoms with van der Waals surface area (Å²) in [5.41, 5.74) is 6.51. The van der Waals surface area contributed by atoms with Crippen molar-refractivity contribution in [2.75, 3.05) is 5.75 Å². The minimum atomic E-state index is -0.168. The lowest BCUT2D eigenvalue weighted by atomic mass is 10.2. The highest BCUT2D eigenvalue weighted by Crippen LogP contribution is 2.18. The predicted molar refractivity (Wildman–Crippen MR) is 93.7 cm³/mol. The van der Waals surface area contributed by atoms with Gasteiger partial charge in [-0.3, -0.25) is 4.79 Å². The van der Waals surface area contributed by atoms with Gasteiger partial charge < -0.3 is 4.98 Å². The Hall–Kier alpha value is -2.60. The van der Waals surface area contributed by atoms with Crippen LogP contribution in [-0.2, 0) is 4.79 Å². The highest BCUT2D eigenvalue weighted by Gasteiger charge is 2.06. The second kappa shape index (κ2) is 7.11. The Labute approximate surface area is 138 Å². The quantitative estimate of drug-likeness (QED) is 0.430. The van der Waals surface area contributed by atoms with Crippen LogP contribution in [0.5, 0.6) is 0 Å². The van der Waals surface area contributed by atoms with Crippen molar-refractivity contribution in [1.29, 1.82) is 0 Å². The number of para-hydroxylation sites is 2. The van der Waals surface area contributed by atoms with Gasteiger partial charge in [-0.15, -0.1) is 0 Å². The number of aromatic amines is 1. The zero-order chi connectivity index (χ0) is 16.1. The van der Waals surface area contributed by atoms with Gasteiger partial charge in [0.05, 0.1) is 23.0 Å². The van der Waals surface area contributed by atoms with E-state index >= 15 is 0 Å². The molecule has 0 atom stereocenters. The fraction of sp³-hybridized carbons (Fsp3) is 0.118. The Morgan fingerprint density at radius 1 is 1.26 bits per heavy atom. The lowest BCUT2D eigenvalue weighted by molar-refractivity contribution is -0.118. The van der Waals surface area contributed by atoms with Crippen molar-refractivity contribution in [3.05, 3.63) is 59.7 Å². The molecule has 0 saturated heterocycles. The molecule has 0 aliphatic heterocycles. The van der Waals surface area contributed by atoms with Gasteiger partial charge >= 0.3 is 0 Å². The molecule has 23 heavy (non-hydrogen) atoms. The topological polar surface area (TPSA) is 70.1 Å². The number of aryl methyl sites for hydroxylation is 1. The molecule has 0 aliphatic rings. The monoisotopic (exact) mass is 324 g/mol. The second-order valence-electron chi connectivity index (χ2n) is 5.05. The molecule has 0 radical (unpaired) electrons. The zero-order valence-electron chi connectivity index (χ0n) is 12.6. The van der Waals surface area contributed by atoms with Gasteiger partial charge in [0, 0.05) is 0 Å². The third-order valence-corrected chi connectivity index (χ3v) is 4.06. The summed E-state index contributed by atoms with van der Waals surface area (Å²) < 4.78 is 0. The number of hydrogen-bond acceptors (Lipinski definition) is 4. The summed E-state index contributed by atoms with van der Waals surface area (Å²) in [6.45, 7) is 2.03. The van der Waals surface area contributed by atoms with Gasteiger partial charge in [0.25, 0.3) is 5.91 Å². The molecule has 6 heteroatoms. The number of amides is 1. The first-order valence-electron chi connectivity index (χ1n) is 7.17. The van der Waals surface area contributed by atoms with Crippen LogP contribution in [0.25, 0.3) is 11.0 Å². The third-order valence-electron chi connectivity index (χ3n) is 3.19. The van der Waals surface area contributed by atoms with Crippen molar-refractivity contribution in [3.63, 3.8) is 0 Å². The molecule has 2 N–H and O–H groups in total. The maximum Gasteiger partial charge on any atom is 0.250 e. The lowest BCUT2D eigenvalue weighted by Crippen LogP contribution is -2.19. The second-order valence-corrected chi connectivity index (χ2v) is 6.02. The van der Waals surface area contributed by atoms with E-state index in [2.05, 4.69) is 20.5 Å². The highest BCUT2D eigenvalue weighted by atomic mass is 32.2. The Bertz CT molecular complexity index is 806. The summed E-state index contributed by atoms with van der Waals surface area (Å²) in [7, 11) is 0. The molecule has 116 valence electrons. The van der Waals surface area contributed by atoms with Crippen LogP contribution in [0, 0.1) is 6.92 Å². The van der Waals surface area contributed by atoms with Crippen molar-refractivity contribution in [2.24, 2.45) is 5.10 Å². The predicted octanol–water partition coefficient (Wildman–Crippen LogP) is 3.11. The first-order chi connectivity index (χ1) is 11.2. The maximum absolute atomic E-state index is 11.8. The minimum Gasteiger partial charge on any atom is -0.333 e. The number of H-pyrrole nitrogens is 1. The van der Waals surface area contributed by atoms with Crippen LogP contribution < -0.4 is 5.43 Å². The third kappa shape index (κ3) is 4.20. The van der Waals surface area contributed by atoms with Crippen molar-refractivity contribution in [1.82, 2.24) is 15.4 Å². The molecule has 5 nitrogen and oxygen atoms in total. The molecule has 0 saturated carbocycles. The van der Waals surface area contributed by atoms with E-state index in [0.717, 1.165) is 21.8 Å². The van der Waals surface area contributed by atoms with Gasteiger partial charge in [0.1, 0.15) is 0 Å². The van der Waals surface area contributed by atoms with E-state index in [1.54, 1.807) is 6.21 Å². The number of benzene rings is 2. The molecule has 3 rings (SSSR count). The van der Waals surface area contributed by atoms with Gasteiger partial charge in [0.2, 0.25) is 0 Å². The summed E-state index contributed by atoms with van der Waals surface area (Å²) in [4.78, 5) is 19.4. The average molecular weight is 324 g/mol. The average Bonchev–Trinajstić information content (AvgIpc) is 2.98. The van der Waals surface area contributed by atoms with Gasteiger partial charge in [-0.25, -0.2) is 10.4 Å². The SMILES string of the molecule is Cc1ccc(/C=N/NC(=O)CSc2nc3ccccc3[nH]2)cc1. The van der Waals surface area contributed by atoms with Gasteiger partial charge in [-0.1, -0.05) is 53.7 Å². The van der Waals surface area contributed by atoms with E-state index < -0.39 is 0 Å². The molecule has 3 aromatic rings. The molecule has 0 spiro atoms. The van der Waals surface area contributed by atoms with Crippen LogP contribution in [0.3, 0.4) is 0 Å². The first kappa shape index (κ1) is 15.3. The van der Waals surface area contributed by atoms with Crippen LogP contribution in [0.15, 0.2) is 58.8 Å². The Morgan fingerprint density at radius 2 is 2.04 bits per heavy atom. The number of imidazole rings is 1. The number of hydrazone groups is 1. The Balaban J connectivity index is 1.50. The minimum absolute atomic E-state index is 0.168. The number of hydrogen-bond donors (Lipinski definition) is 2. The van der Waals surface area contributed by atoms with Crippen LogP contribution in [0.4, 0.5) is 0 Å². The molecular weight excluding hydrogens is 308 g/mol. The molecule has 1 amide bonds. The molecule has 1 aromatic heterocycles. The summed E-state index contributed by atoms with van der Waals surface area (Å²) in [5.74, 6) is 0.0873. The molecular formula is C17H16N4OS. The van der Waals surface area contributed by atoms with E-state index in [9.17, 15) is 4.79 Å². The summed E-state index contributed by atoms with van der Waals surface area (Å²) in [5, 5.41) is 4.68. The lowest BCUT2D eigenvalue weighted by Gasteiger charge is -1.98. The van der Waals surface area contributed by atoms with Crippen molar-refractivity contribution >= 4 is 34.9 Å². The number of carbonyl (C=O) groups is 1. The number of aromatic nitrogens is 2. The van der Waals surface area contributed by atoms with Gasteiger partial charge in [-0.2, -0.15) is 5.10 Å². The molecule has 0 aliphatic carbocycles. The molecule has 2 aromatic carbocycles. The molecule has 0 unspecified atom stereocenters. The van der Waals surface area contributed by atoms with Crippen LogP contribution in [0.2, 0.25) is 0 Å². The zero-order valence-corrected chi connectivity index (χ0v) is 13.4. The van der Waals surface area contributed by atoms with Gasteiger partial charge in [0.15, 0.2) is 5.16 Å². The highest BCUT2D eigenvalue weighted by molar-refractivity contribution is 7.99. The van der Waals surface area contributed by atoms with E-state index in [1.807, 2.05) is 55.5 Å². The van der Waals surface area contributed by atoms with E-state index in [0.29, 0.717) is 0 Å². The Morgan fingerprint density at radius 3 is 2.83 bits per heavy atom. The standard InChI is InChI=1S/C17H16N4OS/c1-12-6-8-13(9-7-12)10-18-21-16(22)11-23-17-19-14-4-2-3-5-15(14)20-17/h2-10H,11H2,1H3,(H,19,20)(H,21,22)/b18-10+. The van der Waals surface area contributed by atoms with Crippen LogP contribution in [0.1, 0.15) is 11.1 Å². The first-order valence-corrected chi connectivity index (χ1v) is 8.15. The number of fused-ring (bicyclic) bond motifs is 1. The smallest absolute Gasteiger partial charge is 0.250 e. The summed E-state index contributed by atoms with van der Waals surface area (Å²) >= 11 is 1.35. The fourth-order valence-corrected chi connectivity index (χ4v) is 2.67. The van der Waals surface area contributed by atoms with E-state index in [4.69, 9.17) is 0 Å². The summed E-state index contributed by atoms with van der Waals surface area (Å²) in [6.07, 6.45) is 1.63. The van der Waals surface area contributed by atoms with E-state index in [1.165, 1.54) is 17.3 Å². The van der Waals surface area contributed by atoms with Gasteiger partial charge in [-0.05, 0) is 24.6 Å². The van der Waals surface area contributed by atoms with Crippen molar-refractivity contribution < 1.29 is 4.79 Å². The van der Waals surface area contributed by atoms with E-state index in [-0.39, 0.29) is 11.7 Å². The number of nitrogens with one attached hydrogen (secondary N) is 2. The van der Waals surface area contributed by atoms with Crippen molar-refractivity contribution in [3.8, 4) is 0 Å². The normalized spacial score (nSPS) is 11.2. The van der Waals surface area contributed by atoms with Crippen molar-refractivity contribution in [2.45, 2.75) is 12.1 Å². The van der Waals surface area contributed by atoms with Crippen LogP contribution in [-0.4, -0.2) is 27.8 Å². The number of rotatable bonds is 5. The molecule has 1 heterocycles.